The minimum Gasteiger partial charge on any atom is -0.320 e. The number of hydrogen-bond acceptors (Lipinski definition) is 8. The highest BCUT2D eigenvalue weighted by atomic mass is 32.2. The molecule has 12 heteroatoms. The van der Waals surface area contributed by atoms with Gasteiger partial charge in [-0.2, -0.15) is 5.26 Å². The van der Waals surface area contributed by atoms with E-state index in [1.165, 1.54) is 42.5 Å². The number of carbonyl (C=O) groups is 2. The van der Waals surface area contributed by atoms with Gasteiger partial charge in [0.1, 0.15) is 5.69 Å². The molecule has 0 saturated carbocycles. The SMILES string of the molecule is N#CC1=C(SCC(=O)Nc2ccccc2[N+](=O)[O-])NC(=O)CC1c1cccc([N+](=O)[O-])c1. The molecule has 0 spiro atoms. The van der Waals surface area contributed by atoms with Gasteiger partial charge in [0.2, 0.25) is 11.8 Å². The Hall–Kier alpha value is -4.24. The second-order valence-electron chi connectivity index (χ2n) is 6.62. The van der Waals surface area contributed by atoms with Crippen molar-refractivity contribution in [2.24, 2.45) is 0 Å². The summed E-state index contributed by atoms with van der Waals surface area (Å²) in [6.07, 6.45) is -0.0729. The van der Waals surface area contributed by atoms with Gasteiger partial charge in [-0.1, -0.05) is 36.0 Å². The molecule has 1 unspecified atom stereocenters. The number of benzene rings is 2. The van der Waals surface area contributed by atoms with Gasteiger partial charge in [0.25, 0.3) is 11.4 Å². The number of nitrogens with one attached hydrogen (secondary N) is 2. The quantitative estimate of drug-likeness (QED) is 0.476. The largest absolute Gasteiger partial charge is 0.320 e. The van der Waals surface area contributed by atoms with Crippen LogP contribution in [0.4, 0.5) is 17.1 Å². The molecule has 1 heterocycles. The summed E-state index contributed by atoms with van der Waals surface area (Å²) in [6, 6.07) is 13.4. The molecule has 32 heavy (non-hydrogen) atoms. The Bertz CT molecular complexity index is 1190. The number of nitrogens with zero attached hydrogens (tertiary/aromatic N) is 3. The van der Waals surface area contributed by atoms with E-state index in [0.29, 0.717) is 5.56 Å². The molecule has 0 aliphatic carbocycles. The number of anilines is 1. The lowest BCUT2D eigenvalue weighted by Crippen LogP contribution is -2.31. The van der Waals surface area contributed by atoms with Crippen molar-refractivity contribution in [3.63, 3.8) is 0 Å². The van der Waals surface area contributed by atoms with Crippen LogP contribution in [0.25, 0.3) is 0 Å². The molecule has 0 bridgehead atoms. The van der Waals surface area contributed by atoms with Crippen LogP contribution in [0.15, 0.2) is 59.1 Å². The van der Waals surface area contributed by atoms with Crippen LogP contribution in [0.2, 0.25) is 0 Å². The molecule has 162 valence electrons. The Morgan fingerprint density at radius 2 is 1.94 bits per heavy atom. The van der Waals surface area contributed by atoms with Crippen LogP contribution in [0, 0.1) is 31.6 Å². The number of hydrogen-bond donors (Lipinski definition) is 2. The monoisotopic (exact) mass is 453 g/mol. The van der Waals surface area contributed by atoms with Crippen molar-refractivity contribution in [1.82, 2.24) is 5.32 Å². The second kappa shape index (κ2) is 9.71. The maximum atomic E-state index is 12.3. The highest BCUT2D eigenvalue weighted by Gasteiger charge is 2.30. The van der Waals surface area contributed by atoms with Crippen LogP contribution in [0.1, 0.15) is 17.9 Å². The van der Waals surface area contributed by atoms with Gasteiger partial charge in [0.15, 0.2) is 0 Å². The van der Waals surface area contributed by atoms with E-state index in [4.69, 9.17) is 0 Å². The number of amides is 2. The standard InChI is InChI=1S/C20H15N5O6S/c21-10-15-14(12-4-3-5-13(8-12)24(28)29)9-18(26)23-20(15)32-11-19(27)22-16-6-1-2-7-17(16)25(30)31/h1-8,14H,9,11H2,(H,22,27)(H,23,26). The number of carbonyl (C=O) groups excluding carboxylic acids is 2. The maximum Gasteiger partial charge on any atom is 0.292 e. The minimum atomic E-state index is -0.700. The highest BCUT2D eigenvalue weighted by Crippen LogP contribution is 2.37. The van der Waals surface area contributed by atoms with Gasteiger partial charge in [-0.05, 0) is 11.6 Å². The molecule has 0 radical (unpaired) electrons. The van der Waals surface area contributed by atoms with E-state index in [1.807, 2.05) is 6.07 Å². The number of thioether (sulfide) groups is 1. The fourth-order valence-electron chi connectivity index (χ4n) is 3.14. The Morgan fingerprint density at radius 1 is 1.19 bits per heavy atom. The number of nitriles is 1. The number of rotatable bonds is 7. The van der Waals surface area contributed by atoms with Gasteiger partial charge in [0, 0.05) is 30.5 Å². The Kier molecular flexibility index (Phi) is 6.81. The lowest BCUT2D eigenvalue weighted by atomic mass is 9.87. The molecule has 2 amide bonds. The summed E-state index contributed by atoms with van der Waals surface area (Å²) in [4.78, 5) is 45.5. The van der Waals surface area contributed by atoms with E-state index in [2.05, 4.69) is 10.6 Å². The van der Waals surface area contributed by atoms with Gasteiger partial charge >= 0.3 is 0 Å². The fourth-order valence-corrected chi connectivity index (χ4v) is 4.01. The number of nitro groups is 2. The highest BCUT2D eigenvalue weighted by molar-refractivity contribution is 8.03. The molecule has 3 rings (SSSR count). The topological polar surface area (TPSA) is 168 Å². The third-order valence-electron chi connectivity index (χ3n) is 4.56. The Balaban J connectivity index is 1.80. The van der Waals surface area contributed by atoms with Crippen LogP contribution in [0.3, 0.4) is 0 Å². The molecule has 1 aliphatic rings. The summed E-state index contributed by atoms with van der Waals surface area (Å²) in [7, 11) is 0. The van der Waals surface area contributed by atoms with E-state index in [0.717, 1.165) is 11.8 Å². The van der Waals surface area contributed by atoms with Crippen molar-refractivity contribution < 1.29 is 19.4 Å². The summed E-state index contributed by atoms with van der Waals surface area (Å²) in [6.45, 7) is 0. The summed E-state index contributed by atoms with van der Waals surface area (Å²) in [5.74, 6) is -1.90. The van der Waals surface area contributed by atoms with E-state index >= 15 is 0 Å². The minimum absolute atomic E-state index is 0.0275. The maximum absolute atomic E-state index is 12.3. The Labute approximate surface area is 185 Å². The van der Waals surface area contributed by atoms with Crippen LogP contribution < -0.4 is 10.6 Å². The molecular weight excluding hydrogens is 438 g/mol. The van der Waals surface area contributed by atoms with Crippen molar-refractivity contribution in [3.8, 4) is 6.07 Å². The first-order valence-electron chi connectivity index (χ1n) is 9.14. The predicted octanol–water partition coefficient (Wildman–Crippen LogP) is 3.21. The third kappa shape index (κ3) is 5.08. The number of nitro benzene ring substituents is 2. The lowest BCUT2D eigenvalue weighted by molar-refractivity contribution is -0.385. The van der Waals surface area contributed by atoms with E-state index in [9.17, 15) is 35.1 Å². The molecule has 1 atom stereocenters. The molecule has 0 aromatic heterocycles. The smallest absolute Gasteiger partial charge is 0.292 e. The molecule has 1 aliphatic heterocycles. The first kappa shape index (κ1) is 22.4. The van der Waals surface area contributed by atoms with Gasteiger partial charge in [-0.15, -0.1) is 0 Å². The van der Waals surface area contributed by atoms with Crippen molar-refractivity contribution in [1.29, 1.82) is 5.26 Å². The average molecular weight is 453 g/mol. The van der Waals surface area contributed by atoms with Crippen LogP contribution in [0.5, 0.6) is 0 Å². The summed E-state index contributed by atoms with van der Waals surface area (Å²) < 4.78 is 0. The van der Waals surface area contributed by atoms with Crippen molar-refractivity contribution in [2.75, 3.05) is 11.1 Å². The van der Waals surface area contributed by atoms with Gasteiger partial charge < -0.3 is 10.6 Å². The Morgan fingerprint density at radius 3 is 2.62 bits per heavy atom. The zero-order valence-corrected chi connectivity index (χ0v) is 17.1. The van der Waals surface area contributed by atoms with E-state index in [-0.39, 0.29) is 39.8 Å². The fraction of sp³-hybridized carbons (Fsp3) is 0.150. The molecule has 2 N–H and O–H groups in total. The van der Waals surface area contributed by atoms with Crippen molar-refractivity contribution >= 4 is 40.6 Å². The number of allylic oxidation sites excluding steroid dienone is 1. The van der Waals surface area contributed by atoms with E-state index in [1.54, 1.807) is 6.07 Å². The molecule has 0 fully saturated rings. The predicted molar refractivity (Wildman–Crippen MR) is 115 cm³/mol. The lowest BCUT2D eigenvalue weighted by Gasteiger charge is -2.24. The zero-order chi connectivity index (χ0) is 23.3. The molecular formula is C20H15N5O6S. The van der Waals surface area contributed by atoms with Crippen molar-refractivity contribution in [3.05, 3.63) is 84.9 Å². The normalized spacial score (nSPS) is 15.5. The zero-order valence-electron chi connectivity index (χ0n) is 16.3. The van der Waals surface area contributed by atoms with Crippen LogP contribution in [-0.2, 0) is 9.59 Å². The molecule has 11 nitrogen and oxygen atoms in total. The molecule has 2 aromatic carbocycles. The number of para-hydroxylation sites is 2. The molecule has 2 aromatic rings. The van der Waals surface area contributed by atoms with Crippen LogP contribution in [-0.4, -0.2) is 27.4 Å². The average Bonchev–Trinajstić information content (AvgIpc) is 2.77. The molecule has 0 saturated heterocycles. The van der Waals surface area contributed by atoms with Crippen LogP contribution >= 0.6 is 11.8 Å². The second-order valence-corrected chi connectivity index (χ2v) is 7.61. The summed E-state index contributed by atoms with van der Waals surface area (Å²) in [5.41, 5.74) is 0.213. The van der Waals surface area contributed by atoms with E-state index < -0.39 is 27.6 Å². The first-order chi connectivity index (χ1) is 15.3. The summed E-state index contributed by atoms with van der Waals surface area (Å²) >= 11 is 0.894. The van der Waals surface area contributed by atoms with Gasteiger partial charge in [0.05, 0.1) is 32.3 Å². The summed E-state index contributed by atoms with van der Waals surface area (Å²) in [5, 5.41) is 37.0. The third-order valence-corrected chi connectivity index (χ3v) is 5.58. The van der Waals surface area contributed by atoms with Gasteiger partial charge in [-0.3, -0.25) is 29.8 Å². The van der Waals surface area contributed by atoms with Crippen molar-refractivity contribution in [2.45, 2.75) is 12.3 Å². The van der Waals surface area contributed by atoms with Gasteiger partial charge in [-0.25, -0.2) is 0 Å². The number of non-ortho nitro benzene ring substituents is 1. The first-order valence-corrected chi connectivity index (χ1v) is 10.1.